The molecular weight excluding hydrogens is 415 g/mol. The normalized spacial score (nSPS) is 15.9. The lowest BCUT2D eigenvalue weighted by Gasteiger charge is -2.11. The molecule has 0 bridgehead atoms. The van der Waals surface area contributed by atoms with Crippen molar-refractivity contribution in [2.24, 2.45) is 4.99 Å². The molecule has 7 heteroatoms. The van der Waals surface area contributed by atoms with Gasteiger partial charge in [-0.05, 0) is 65.4 Å². The molecule has 1 N–H and O–H groups in total. The van der Waals surface area contributed by atoms with Gasteiger partial charge >= 0.3 is 0 Å². The van der Waals surface area contributed by atoms with Crippen LogP contribution in [0.4, 0.5) is 10.1 Å². The number of carbonyl (C=O) groups excluding carboxylic acids is 1. The number of hydrogen-bond donors (Lipinski definition) is 1. The standard InChI is InChI=1S/C24H19FN2O3S/c1-29-21-13-17(7-12-20(21)30-15-16-5-3-2-4-6-16)14-22-23(28)27-24(31-22)26-19-10-8-18(25)9-11-19/h2-14H,15H2,1H3,(H,26,27,28). The van der Waals surface area contributed by atoms with E-state index in [-0.39, 0.29) is 11.7 Å². The average molecular weight is 434 g/mol. The number of aliphatic imine (C=N–C) groups is 1. The minimum absolute atomic E-state index is 0.241. The van der Waals surface area contributed by atoms with Crippen molar-refractivity contribution in [3.8, 4) is 11.5 Å². The Bertz CT molecular complexity index is 1150. The molecule has 0 radical (unpaired) electrons. The van der Waals surface area contributed by atoms with Crippen molar-refractivity contribution in [3.63, 3.8) is 0 Å². The molecule has 1 aliphatic heterocycles. The summed E-state index contributed by atoms with van der Waals surface area (Å²) in [6, 6.07) is 21.1. The summed E-state index contributed by atoms with van der Waals surface area (Å²) in [6.45, 7) is 0.430. The number of methoxy groups -OCH3 is 1. The van der Waals surface area contributed by atoms with Crippen molar-refractivity contribution >= 4 is 34.6 Å². The predicted molar refractivity (Wildman–Crippen MR) is 121 cm³/mol. The number of halogens is 1. The molecule has 3 aromatic rings. The van der Waals surface area contributed by atoms with Crippen molar-refractivity contribution < 1.29 is 18.7 Å². The van der Waals surface area contributed by atoms with Gasteiger partial charge < -0.3 is 14.8 Å². The fourth-order valence-corrected chi connectivity index (χ4v) is 3.74. The first-order valence-electron chi connectivity index (χ1n) is 9.50. The molecule has 3 aromatic carbocycles. The Morgan fingerprint density at radius 2 is 1.81 bits per heavy atom. The quantitative estimate of drug-likeness (QED) is 0.535. The number of ether oxygens (including phenoxy) is 2. The molecule has 0 unspecified atom stereocenters. The second-order valence-electron chi connectivity index (χ2n) is 6.64. The Balaban J connectivity index is 1.48. The van der Waals surface area contributed by atoms with E-state index in [1.807, 2.05) is 48.5 Å². The molecule has 0 aromatic heterocycles. The molecule has 1 aliphatic rings. The highest BCUT2D eigenvalue weighted by Crippen LogP contribution is 2.32. The summed E-state index contributed by atoms with van der Waals surface area (Å²) in [7, 11) is 1.58. The Hall–Kier alpha value is -3.58. The van der Waals surface area contributed by atoms with Gasteiger partial charge in [0.05, 0.1) is 17.7 Å². The van der Waals surface area contributed by atoms with Gasteiger partial charge in [-0.15, -0.1) is 0 Å². The van der Waals surface area contributed by atoms with E-state index in [4.69, 9.17) is 9.47 Å². The highest BCUT2D eigenvalue weighted by Gasteiger charge is 2.24. The highest BCUT2D eigenvalue weighted by atomic mass is 32.2. The fraction of sp³-hybridized carbons (Fsp3) is 0.0833. The minimum atomic E-state index is -0.335. The maximum Gasteiger partial charge on any atom is 0.264 e. The topological polar surface area (TPSA) is 59.9 Å². The first kappa shape index (κ1) is 20.7. The first-order chi connectivity index (χ1) is 15.1. The maximum absolute atomic E-state index is 13.0. The lowest BCUT2D eigenvalue weighted by Crippen LogP contribution is -2.19. The van der Waals surface area contributed by atoms with Crippen LogP contribution in [0.5, 0.6) is 11.5 Å². The van der Waals surface area contributed by atoms with Crippen molar-refractivity contribution in [3.05, 3.63) is 94.6 Å². The van der Waals surface area contributed by atoms with Gasteiger partial charge in [0.2, 0.25) is 0 Å². The van der Waals surface area contributed by atoms with Crippen molar-refractivity contribution in [2.75, 3.05) is 7.11 Å². The third-order valence-electron chi connectivity index (χ3n) is 4.43. The minimum Gasteiger partial charge on any atom is -0.493 e. The lowest BCUT2D eigenvalue weighted by molar-refractivity contribution is -0.115. The fourth-order valence-electron chi connectivity index (χ4n) is 2.89. The second-order valence-corrected chi connectivity index (χ2v) is 7.67. The monoisotopic (exact) mass is 434 g/mol. The lowest BCUT2D eigenvalue weighted by atomic mass is 10.2. The molecule has 4 rings (SSSR count). The van der Waals surface area contributed by atoms with Gasteiger partial charge in [-0.25, -0.2) is 9.38 Å². The zero-order chi connectivity index (χ0) is 21.6. The van der Waals surface area contributed by atoms with E-state index in [0.717, 1.165) is 11.1 Å². The number of amides is 1. The van der Waals surface area contributed by atoms with E-state index < -0.39 is 0 Å². The molecule has 156 valence electrons. The summed E-state index contributed by atoms with van der Waals surface area (Å²) in [5, 5.41) is 3.16. The van der Waals surface area contributed by atoms with Gasteiger partial charge in [-0.1, -0.05) is 36.4 Å². The Kier molecular flexibility index (Phi) is 6.33. The summed E-state index contributed by atoms with van der Waals surface area (Å²) < 4.78 is 24.4. The van der Waals surface area contributed by atoms with E-state index in [0.29, 0.717) is 33.9 Å². The van der Waals surface area contributed by atoms with E-state index >= 15 is 0 Å². The molecule has 0 aliphatic carbocycles. The molecule has 1 fully saturated rings. The van der Waals surface area contributed by atoms with Crippen molar-refractivity contribution in [2.45, 2.75) is 6.61 Å². The largest absolute Gasteiger partial charge is 0.493 e. The van der Waals surface area contributed by atoms with Gasteiger partial charge in [0.1, 0.15) is 12.4 Å². The third kappa shape index (κ3) is 5.32. The SMILES string of the molecule is COc1cc(C=C2SC(=Nc3ccc(F)cc3)NC2=O)ccc1OCc1ccccc1. The molecule has 1 saturated heterocycles. The smallest absolute Gasteiger partial charge is 0.264 e. The first-order valence-corrected chi connectivity index (χ1v) is 10.3. The van der Waals surface area contributed by atoms with Gasteiger partial charge in [-0.3, -0.25) is 4.79 Å². The number of rotatable bonds is 6. The second kappa shape index (κ2) is 9.49. The van der Waals surface area contributed by atoms with Crippen LogP contribution in [-0.4, -0.2) is 18.2 Å². The zero-order valence-corrected chi connectivity index (χ0v) is 17.5. The molecule has 1 heterocycles. The molecule has 5 nitrogen and oxygen atoms in total. The average Bonchev–Trinajstić information content (AvgIpc) is 3.13. The van der Waals surface area contributed by atoms with Crippen molar-refractivity contribution in [1.82, 2.24) is 5.32 Å². The number of nitrogens with zero attached hydrogens (tertiary/aromatic N) is 1. The van der Waals surface area contributed by atoms with Gasteiger partial charge in [-0.2, -0.15) is 0 Å². The summed E-state index contributed by atoms with van der Waals surface area (Å²) in [5.74, 6) is 0.622. The van der Waals surface area contributed by atoms with E-state index in [9.17, 15) is 9.18 Å². The molecule has 31 heavy (non-hydrogen) atoms. The van der Waals surface area contributed by atoms with Crippen LogP contribution in [-0.2, 0) is 11.4 Å². The van der Waals surface area contributed by atoms with Crippen LogP contribution < -0.4 is 14.8 Å². The number of thioether (sulfide) groups is 1. The summed E-state index contributed by atoms with van der Waals surface area (Å²) in [5.41, 5.74) is 2.42. The summed E-state index contributed by atoms with van der Waals surface area (Å²) in [4.78, 5) is 17.2. The van der Waals surface area contributed by atoms with Crippen LogP contribution >= 0.6 is 11.8 Å². The van der Waals surface area contributed by atoms with Crippen LogP contribution in [0.3, 0.4) is 0 Å². The Labute approximate surface area is 183 Å². The third-order valence-corrected chi connectivity index (χ3v) is 5.34. The Morgan fingerprint density at radius 3 is 2.55 bits per heavy atom. The van der Waals surface area contributed by atoms with E-state index in [2.05, 4.69) is 10.3 Å². The number of amidine groups is 1. The number of nitrogens with one attached hydrogen (secondary N) is 1. The zero-order valence-electron chi connectivity index (χ0n) is 16.7. The Morgan fingerprint density at radius 1 is 1.03 bits per heavy atom. The predicted octanol–water partition coefficient (Wildman–Crippen LogP) is 5.30. The van der Waals surface area contributed by atoms with Crippen molar-refractivity contribution in [1.29, 1.82) is 0 Å². The van der Waals surface area contributed by atoms with Crippen LogP contribution in [0, 0.1) is 5.82 Å². The van der Waals surface area contributed by atoms with Crippen LogP contribution in [0.1, 0.15) is 11.1 Å². The van der Waals surface area contributed by atoms with E-state index in [1.165, 1.54) is 23.9 Å². The number of benzene rings is 3. The molecule has 1 amide bonds. The van der Waals surface area contributed by atoms with Crippen LogP contribution in [0.2, 0.25) is 0 Å². The molecular formula is C24H19FN2O3S. The summed E-state index contributed by atoms with van der Waals surface area (Å²) in [6.07, 6.45) is 1.76. The van der Waals surface area contributed by atoms with Gasteiger partial charge in [0.25, 0.3) is 5.91 Å². The number of hydrogen-bond acceptors (Lipinski definition) is 5. The highest BCUT2D eigenvalue weighted by molar-refractivity contribution is 8.18. The van der Waals surface area contributed by atoms with E-state index in [1.54, 1.807) is 25.3 Å². The molecule has 0 spiro atoms. The molecule has 0 saturated carbocycles. The maximum atomic E-state index is 13.0. The molecule has 0 atom stereocenters. The van der Waals surface area contributed by atoms with Crippen LogP contribution in [0.25, 0.3) is 6.08 Å². The van der Waals surface area contributed by atoms with Crippen LogP contribution in [0.15, 0.2) is 82.7 Å². The number of carbonyl (C=O) groups is 1. The van der Waals surface area contributed by atoms with Gasteiger partial charge in [0, 0.05) is 0 Å². The van der Waals surface area contributed by atoms with Gasteiger partial charge in [0.15, 0.2) is 16.7 Å². The summed E-state index contributed by atoms with van der Waals surface area (Å²) >= 11 is 1.22.